The fourth-order valence-electron chi connectivity index (χ4n) is 17.1. The molecule has 23 aromatic rings. The van der Waals surface area contributed by atoms with E-state index in [1.165, 1.54) is 106 Å². The third kappa shape index (κ3) is 11.4. The van der Waals surface area contributed by atoms with Crippen LogP contribution in [-0.2, 0) is 6.42 Å². The zero-order chi connectivity index (χ0) is 74.6. The lowest BCUT2D eigenvalue weighted by Gasteiger charge is -2.16. The Labute approximate surface area is 662 Å². The van der Waals surface area contributed by atoms with Gasteiger partial charge in [0.2, 0.25) is 0 Å². The number of aromatic nitrogens is 7. The fourth-order valence-corrected chi connectivity index (χ4v) is 19.6. The first-order valence-electron chi connectivity index (χ1n) is 37.9. The maximum Gasteiger partial charge on any atom is 0.164 e. The molecule has 0 N–H and O–H groups in total. The van der Waals surface area contributed by atoms with Crippen LogP contribution < -0.4 is 0 Å². The molecule has 10 heteroatoms. The summed E-state index contributed by atoms with van der Waals surface area (Å²) in [6.07, 6.45) is 1.08. The Morgan fingerprint density at radius 1 is 0.221 bits per heavy atom. The van der Waals surface area contributed by atoms with Crippen molar-refractivity contribution in [3.63, 3.8) is 0 Å². The third-order valence-electron chi connectivity index (χ3n) is 22.3. The predicted molar refractivity (Wildman–Crippen MR) is 477 cm³/mol. The minimum Gasteiger partial charge on any atom is -0.309 e. The van der Waals surface area contributed by atoms with Crippen LogP contribution in [0.3, 0.4) is 0 Å². The molecule has 0 saturated heterocycles. The second-order valence-electron chi connectivity index (χ2n) is 28.8. The fraction of sp³-hybridized carbons (Fsp3) is 0.00971. The van der Waals surface area contributed by atoms with Gasteiger partial charge in [-0.25, -0.2) is 29.9 Å². The van der Waals surface area contributed by atoms with E-state index in [4.69, 9.17) is 41.5 Å². The molecule has 0 saturated carbocycles. The van der Waals surface area contributed by atoms with E-state index < -0.39 is 0 Å². The number of para-hydroxylation sites is 1. The first kappa shape index (κ1) is 66.1. The molecule has 0 spiro atoms. The van der Waals surface area contributed by atoms with E-state index in [-0.39, 0.29) is 0 Å². The second-order valence-corrected chi connectivity index (χ2v) is 31.4. The molecule has 0 radical (unpaired) electrons. The zero-order valence-electron chi connectivity index (χ0n) is 60.7. The Kier molecular flexibility index (Phi) is 16.0. The Morgan fingerprint density at radius 2 is 0.593 bits per heavy atom. The minimum atomic E-state index is 0.623. The molecule has 5 aromatic heterocycles. The molecule has 24 rings (SSSR count). The van der Waals surface area contributed by atoms with Crippen LogP contribution in [0.15, 0.2) is 364 Å². The van der Waals surface area contributed by atoms with Crippen LogP contribution >= 0.6 is 34.3 Å². The van der Waals surface area contributed by atoms with Gasteiger partial charge in [0.15, 0.2) is 34.9 Å². The van der Waals surface area contributed by atoms with Crippen LogP contribution in [0.5, 0.6) is 0 Å². The van der Waals surface area contributed by atoms with E-state index in [0.717, 1.165) is 88.6 Å². The summed E-state index contributed by atoms with van der Waals surface area (Å²) in [6.45, 7) is 0. The van der Waals surface area contributed by atoms with Crippen molar-refractivity contribution in [3.8, 4) is 85.1 Å². The number of hydrogen-bond donors (Lipinski definition) is 0. The van der Waals surface area contributed by atoms with Gasteiger partial charge in [-0.3, -0.25) is 0 Å². The number of halogens is 1. The lowest BCUT2D eigenvalue weighted by molar-refractivity contribution is 1.08. The molecule has 1 aliphatic rings. The largest absolute Gasteiger partial charge is 0.309 e. The third-order valence-corrected chi connectivity index (χ3v) is 24.9. The Morgan fingerprint density at radius 3 is 1.17 bits per heavy atom. The second kappa shape index (κ2) is 27.3. The van der Waals surface area contributed by atoms with Crippen LogP contribution in [0.2, 0.25) is 5.02 Å². The van der Waals surface area contributed by atoms with Crippen LogP contribution in [-0.4, -0.2) is 34.5 Å². The molecular weight excluding hydrogens is 1430 g/mol. The van der Waals surface area contributed by atoms with Crippen LogP contribution in [0.25, 0.3) is 212 Å². The highest BCUT2D eigenvalue weighted by Crippen LogP contribution is 2.46. The molecule has 0 bridgehead atoms. The van der Waals surface area contributed by atoms with Gasteiger partial charge in [0, 0.05) is 100 Å². The van der Waals surface area contributed by atoms with Gasteiger partial charge in [0.1, 0.15) is 0 Å². The first-order valence-corrected chi connectivity index (χ1v) is 40.0. The number of thiophene rings is 2. The number of nitrogens with zero attached hydrogens (tertiary/aromatic N) is 7. The summed E-state index contributed by atoms with van der Waals surface area (Å²) in [7, 11) is 0. The van der Waals surface area contributed by atoms with Gasteiger partial charge in [0.25, 0.3) is 0 Å². The van der Waals surface area contributed by atoms with E-state index in [0.29, 0.717) is 40.0 Å². The SMILES string of the molecule is Clc1ccc(-c2nc(-c3cccc4ccccc34)nc(-c3cccc4sc5ccccc5c34)n2)c2ccccc12.c1ccc2c(c1)Cc1cc3ccccc3cc1-2.c1ccc2cc3c(cc2c1)c1ccccc1n3-c1ccc(-c2nc(-c3cccc4ccccc34)nc(-c3cccc4sc5ccccc5c34)n2)c2ccccc12. The van der Waals surface area contributed by atoms with Gasteiger partial charge < -0.3 is 4.57 Å². The van der Waals surface area contributed by atoms with E-state index in [1.54, 1.807) is 22.7 Å². The minimum absolute atomic E-state index is 0.623. The summed E-state index contributed by atoms with van der Waals surface area (Å²) >= 11 is 10.2. The van der Waals surface area contributed by atoms with Crippen LogP contribution in [0, 0.1) is 0 Å². The number of fused-ring (bicyclic) bond motifs is 18. The molecule has 0 aliphatic heterocycles. The topological polar surface area (TPSA) is 82.3 Å². The maximum absolute atomic E-state index is 6.59. The van der Waals surface area contributed by atoms with Gasteiger partial charge in [0.05, 0.1) is 16.7 Å². The summed E-state index contributed by atoms with van der Waals surface area (Å²) in [5.41, 5.74) is 15.1. The average Bonchev–Trinajstić information content (AvgIpc) is 1.63. The molecule has 0 atom stereocenters. The highest BCUT2D eigenvalue weighted by atomic mass is 35.5. The molecule has 0 amide bonds. The standard InChI is InChI=1S/C51H30N4S.C35H20ClN3S.C17H12/c1-2-15-33-30-45-42(29-32(33)14-1)37-20-7-9-24-43(37)55(45)44-28-27-39(35-18-5-6-19-36(35)44)50-52-49(38-22-11-16-31-13-3-4-17-34(31)38)53-51(54-50)41-23-12-26-47-48(41)40-21-8-10-25-46(40)56-47;36-29-20-19-26(23-12-3-4-13-24(23)29)34-37-33(25-15-7-10-21-9-1-2-11-22(21)25)38-35(39-34)28-16-8-18-31-32(28)27-14-5-6-17-30(27)40-31;1-2-6-13-11-17-15(9-12(13)5-1)10-14-7-3-4-8-16(14)17/h1-30H;1-20H;1-9,11H,10H2. The quantitative estimate of drug-likeness (QED) is 0.158. The van der Waals surface area contributed by atoms with E-state index in [2.05, 4.69) is 338 Å². The maximum atomic E-state index is 6.59. The first-order chi connectivity index (χ1) is 55.9. The summed E-state index contributed by atoms with van der Waals surface area (Å²) in [5.74, 6) is 3.88. The molecule has 0 unspecified atom stereocenters. The van der Waals surface area contributed by atoms with Crippen LogP contribution in [0.4, 0.5) is 0 Å². The van der Waals surface area contributed by atoms with Crippen molar-refractivity contribution >= 4 is 161 Å². The van der Waals surface area contributed by atoms with Crippen molar-refractivity contribution in [2.24, 2.45) is 0 Å². The smallest absolute Gasteiger partial charge is 0.164 e. The summed E-state index contributed by atoms with van der Waals surface area (Å²) < 4.78 is 7.34. The lowest BCUT2D eigenvalue weighted by Crippen LogP contribution is -2.02. The van der Waals surface area contributed by atoms with Gasteiger partial charge in [-0.1, -0.05) is 303 Å². The molecule has 5 heterocycles. The number of hydrogen-bond acceptors (Lipinski definition) is 8. The van der Waals surface area contributed by atoms with Crippen molar-refractivity contribution in [3.05, 3.63) is 380 Å². The molecular formula is C103H62ClN7S2. The van der Waals surface area contributed by atoms with Crippen molar-refractivity contribution in [2.45, 2.75) is 6.42 Å². The monoisotopic (exact) mass is 1500 g/mol. The number of benzene rings is 18. The predicted octanol–water partition coefficient (Wildman–Crippen LogP) is 28.4. The molecule has 1 aliphatic carbocycles. The van der Waals surface area contributed by atoms with Crippen LogP contribution in [0.1, 0.15) is 11.1 Å². The highest BCUT2D eigenvalue weighted by molar-refractivity contribution is 7.26. The van der Waals surface area contributed by atoms with Crippen molar-refractivity contribution in [1.29, 1.82) is 0 Å². The van der Waals surface area contributed by atoms with Gasteiger partial charge in [-0.15, -0.1) is 22.7 Å². The molecule has 528 valence electrons. The molecule has 18 aromatic carbocycles. The van der Waals surface area contributed by atoms with Crippen molar-refractivity contribution in [2.75, 3.05) is 0 Å². The Balaban J connectivity index is 0.000000118. The van der Waals surface area contributed by atoms with E-state index >= 15 is 0 Å². The Bertz CT molecular complexity index is 7840. The Hall–Kier alpha value is -13.9. The van der Waals surface area contributed by atoms with Crippen molar-refractivity contribution in [1.82, 2.24) is 34.5 Å². The normalized spacial score (nSPS) is 11.9. The summed E-state index contributed by atoms with van der Waals surface area (Å²) in [5, 5.41) is 21.8. The van der Waals surface area contributed by atoms with Gasteiger partial charge in [-0.2, -0.15) is 0 Å². The zero-order valence-corrected chi connectivity index (χ0v) is 63.1. The summed E-state index contributed by atoms with van der Waals surface area (Å²) in [4.78, 5) is 31.4. The van der Waals surface area contributed by atoms with Crippen molar-refractivity contribution < 1.29 is 0 Å². The summed E-state index contributed by atoms with van der Waals surface area (Å²) in [6, 6.07) is 129. The molecule has 7 nitrogen and oxygen atoms in total. The average molecular weight is 1500 g/mol. The lowest BCUT2D eigenvalue weighted by atomic mass is 10.0. The number of rotatable bonds is 7. The highest BCUT2D eigenvalue weighted by Gasteiger charge is 2.25. The molecule has 0 fully saturated rings. The molecule has 113 heavy (non-hydrogen) atoms. The van der Waals surface area contributed by atoms with E-state index in [1.807, 2.05) is 30.3 Å². The van der Waals surface area contributed by atoms with Gasteiger partial charge in [-0.05, 0) is 155 Å². The van der Waals surface area contributed by atoms with Gasteiger partial charge >= 0.3 is 0 Å². The van der Waals surface area contributed by atoms with E-state index in [9.17, 15) is 0 Å².